The smallest absolute Gasteiger partial charge is 0.241 e. The van der Waals surface area contributed by atoms with E-state index in [2.05, 4.69) is 19.2 Å². The average molecular weight is 112 g/mol. The molecule has 1 rings (SSSR count). The summed E-state index contributed by atoms with van der Waals surface area (Å²) in [5, 5.41) is 3.75. The lowest BCUT2D eigenvalue weighted by atomic mass is 9.93. The van der Waals surface area contributed by atoms with Gasteiger partial charge in [0.1, 0.15) is 0 Å². The summed E-state index contributed by atoms with van der Waals surface area (Å²) < 4.78 is 0. The zero-order valence-electron chi connectivity index (χ0n) is 5.27. The van der Waals surface area contributed by atoms with Crippen molar-refractivity contribution in [2.75, 3.05) is 6.54 Å². The minimum absolute atomic E-state index is 0.0648. The molecule has 2 nitrogen and oxygen atoms in total. The zero-order chi connectivity index (χ0) is 6.20. The van der Waals surface area contributed by atoms with Gasteiger partial charge in [-0.05, 0) is 5.41 Å². The third-order valence-electron chi connectivity index (χ3n) is 1.31. The summed E-state index contributed by atoms with van der Waals surface area (Å²) in [5.74, 6) is 0.0648. The summed E-state index contributed by atoms with van der Waals surface area (Å²) in [4.78, 5) is 10.5. The minimum atomic E-state index is 0.0648. The first-order valence-corrected chi connectivity index (χ1v) is 2.80. The normalized spacial score (nSPS) is 25.5. The summed E-state index contributed by atoms with van der Waals surface area (Å²) in [5.41, 5.74) is 0.150. The standard InChI is InChI=1S/C6H10NO/c1-6(2)3-5(8)7-4-6/h3-4H2,1-2H3. The van der Waals surface area contributed by atoms with E-state index in [-0.39, 0.29) is 11.3 Å². The van der Waals surface area contributed by atoms with Crippen LogP contribution in [0.1, 0.15) is 20.3 Å². The van der Waals surface area contributed by atoms with Gasteiger partial charge in [0.2, 0.25) is 5.91 Å². The third-order valence-corrected chi connectivity index (χ3v) is 1.31. The van der Waals surface area contributed by atoms with Gasteiger partial charge in [0.25, 0.3) is 0 Å². The average Bonchev–Trinajstić information content (AvgIpc) is 1.82. The highest BCUT2D eigenvalue weighted by molar-refractivity contribution is 5.78. The van der Waals surface area contributed by atoms with Gasteiger partial charge in [-0.25, -0.2) is 0 Å². The van der Waals surface area contributed by atoms with Gasteiger partial charge >= 0.3 is 0 Å². The minimum Gasteiger partial charge on any atom is -0.273 e. The Kier molecular flexibility index (Phi) is 1.03. The molecule has 1 aliphatic rings. The molecule has 0 aromatic rings. The molecule has 1 radical (unpaired) electrons. The van der Waals surface area contributed by atoms with Crippen molar-refractivity contribution in [1.29, 1.82) is 0 Å². The van der Waals surface area contributed by atoms with Gasteiger partial charge in [-0.1, -0.05) is 13.8 Å². The second-order valence-electron chi connectivity index (χ2n) is 3.05. The number of rotatable bonds is 0. The number of carbonyl (C=O) groups is 1. The molecule has 1 aliphatic heterocycles. The molecule has 8 heavy (non-hydrogen) atoms. The van der Waals surface area contributed by atoms with Crippen molar-refractivity contribution < 1.29 is 4.79 Å². The first kappa shape index (κ1) is 5.60. The van der Waals surface area contributed by atoms with Crippen molar-refractivity contribution in [1.82, 2.24) is 5.32 Å². The number of hydrogen-bond acceptors (Lipinski definition) is 1. The Morgan fingerprint density at radius 3 is 2.38 bits per heavy atom. The third kappa shape index (κ3) is 0.997. The predicted octanol–water partition coefficient (Wildman–Crippen LogP) is 0.547. The fourth-order valence-corrected chi connectivity index (χ4v) is 0.823. The van der Waals surface area contributed by atoms with Crippen LogP contribution in [0.4, 0.5) is 0 Å². The molecular formula is C6H10NO. The molecule has 0 spiro atoms. The van der Waals surface area contributed by atoms with Crippen LogP contribution in [-0.4, -0.2) is 12.5 Å². The Morgan fingerprint density at radius 2 is 2.25 bits per heavy atom. The molecule has 1 fully saturated rings. The van der Waals surface area contributed by atoms with E-state index in [9.17, 15) is 4.79 Å². The van der Waals surface area contributed by atoms with Crippen LogP contribution in [0.15, 0.2) is 0 Å². The van der Waals surface area contributed by atoms with E-state index in [0.29, 0.717) is 13.0 Å². The van der Waals surface area contributed by atoms with Gasteiger partial charge in [0, 0.05) is 13.0 Å². The van der Waals surface area contributed by atoms with Crippen LogP contribution < -0.4 is 5.32 Å². The Balaban J connectivity index is 2.56. The first-order chi connectivity index (χ1) is 3.60. The van der Waals surface area contributed by atoms with Crippen LogP contribution in [0.5, 0.6) is 0 Å². The maximum absolute atomic E-state index is 10.5. The van der Waals surface area contributed by atoms with Gasteiger partial charge in [0.05, 0.1) is 0 Å². The second kappa shape index (κ2) is 1.47. The van der Waals surface area contributed by atoms with Crippen LogP contribution in [0.2, 0.25) is 0 Å². The summed E-state index contributed by atoms with van der Waals surface area (Å²) in [7, 11) is 0. The molecule has 1 heterocycles. The van der Waals surface area contributed by atoms with E-state index in [1.54, 1.807) is 0 Å². The highest BCUT2D eigenvalue weighted by atomic mass is 16.1. The molecule has 0 aromatic heterocycles. The second-order valence-corrected chi connectivity index (χ2v) is 3.05. The Hall–Kier alpha value is -0.530. The lowest BCUT2D eigenvalue weighted by molar-refractivity contribution is -0.119. The van der Waals surface area contributed by atoms with Crippen molar-refractivity contribution in [2.45, 2.75) is 20.3 Å². The van der Waals surface area contributed by atoms with E-state index in [1.807, 2.05) is 0 Å². The maximum atomic E-state index is 10.5. The van der Waals surface area contributed by atoms with Crippen LogP contribution in [0.3, 0.4) is 0 Å². The van der Waals surface area contributed by atoms with Gasteiger partial charge in [0.15, 0.2) is 0 Å². The number of carbonyl (C=O) groups excluding carboxylic acids is 1. The van der Waals surface area contributed by atoms with Crippen molar-refractivity contribution in [2.24, 2.45) is 5.41 Å². The fourth-order valence-electron chi connectivity index (χ4n) is 0.823. The molecule has 0 saturated carbocycles. The molecule has 1 amide bonds. The van der Waals surface area contributed by atoms with Crippen LogP contribution >= 0.6 is 0 Å². The topological polar surface area (TPSA) is 31.2 Å². The van der Waals surface area contributed by atoms with Gasteiger partial charge in [-0.3, -0.25) is 10.1 Å². The maximum Gasteiger partial charge on any atom is 0.241 e. The van der Waals surface area contributed by atoms with Crippen LogP contribution in [0.25, 0.3) is 0 Å². The highest BCUT2D eigenvalue weighted by Crippen LogP contribution is 2.24. The Bertz CT molecular complexity index is 118. The quantitative estimate of drug-likeness (QED) is 0.450. The van der Waals surface area contributed by atoms with E-state index >= 15 is 0 Å². The summed E-state index contributed by atoms with van der Waals surface area (Å²) in [6.07, 6.45) is 0.632. The summed E-state index contributed by atoms with van der Waals surface area (Å²) in [6, 6.07) is 0. The monoisotopic (exact) mass is 112 g/mol. The number of amides is 1. The SMILES string of the molecule is CC1(C)C[N]C(=O)C1. The first-order valence-electron chi connectivity index (χ1n) is 2.80. The van der Waals surface area contributed by atoms with E-state index < -0.39 is 0 Å². The summed E-state index contributed by atoms with van der Waals surface area (Å²) in [6.45, 7) is 4.83. The van der Waals surface area contributed by atoms with Crippen molar-refractivity contribution in [3.8, 4) is 0 Å². The lowest BCUT2D eigenvalue weighted by Gasteiger charge is -2.10. The molecular weight excluding hydrogens is 102 g/mol. The Morgan fingerprint density at radius 1 is 1.62 bits per heavy atom. The molecule has 0 aromatic carbocycles. The summed E-state index contributed by atoms with van der Waals surface area (Å²) >= 11 is 0. The number of nitrogens with zero attached hydrogens (tertiary/aromatic N) is 1. The van der Waals surface area contributed by atoms with Crippen molar-refractivity contribution in [3.63, 3.8) is 0 Å². The molecule has 0 unspecified atom stereocenters. The van der Waals surface area contributed by atoms with E-state index in [0.717, 1.165) is 0 Å². The molecule has 0 N–H and O–H groups in total. The van der Waals surface area contributed by atoms with Crippen LogP contribution in [0, 0.1) is 5.41 Å². The van der Waals surface area contributed by atoms with Crippen LogP contribution in [-0.2, 0) is 4.79 Å². The molecule has 0 atom stereocenters. The van der Waals surface area contributed by atoms with E-state index in [4.69, 9.17) is 0 Å². The highest BCUT2D eigenvalue weighted by Gasteiger charge is 2.29. The molecule has 45 valence electrons. The molecule has 0 aliphatic carbocycles. The predicted molar refractivity (Wildman–Crippen MR) is 30.4 cm³/mol. The fraction of sp³-hybridized carbons (Fsp3) is 0.833. The van der Waals surface area contributed by atoms with Gasteiger partial charge in [-0.2, -0.15) is 0 Å². The Labute approximate surface area is 49.3 Å². The molecule has 2 heteroatoms. The zero-order valence-corrected chi connectivity index (χ0v) is 5.27. The van der Waals surface area contributed by atoms with Crippen molar-refractivity contribution in [3.05, 3.63) is 0 Å². The van der Waals surface area contributed by atoms with Gasteiger partial charge in [-0.15, -0.1) is 0 Å². The molecule has 1 saturated heterocycles. The largest absolute Gasteiger partial charge is 0.273 e. The van der Waals surface area contributed by atoms with Crippen molar-refractivity contribution >= 4 is 5.91 Å². The number of hydrogen-bond donors (Lipinski definition) is 0. The molecule has 0 bridgehead atoms. The lowest BCUT2D eigenvalue weighted by Crippen LogP contribution is -2.11. The van der Waals surface area contributed by atoms with E-state index in [1.165, 1.54) is 0 Å². The van der Waals surface area contributed by atoms with Gasteiger partial charge < -0.3 is 0 Å².